The van der Waals surface area contributed by atoms with Gasteiger partial charge in [0.15, 0.2) is 0 Å². The number of aromatic nitrogens is 3. The third-order valence-corrected chi connectivity index (χ3v) is 5.29. The number of benzene rings is 2. The van der Waals surface area contributed by atoms with E-state index in [1.165, 1.54) is 22.9 Å². The molecule has 0 saturated heterocycles. The Hall–Kier alpha value is -3.77. The highest BCUT2D eigenvalue weighted by Crippen LogP contribution is 2.25. The molecule has 1 unspecified atom stereocenters. The minimum Gasteiger partial charge on any atom is -0.340 e. The first-order valence-electron chi connectivity index (χ1n) is 9.98. The van der Waals surface area contributed by atoms with Crippen LogP contribution in [0.1, 0.15) is 28.6 Å². The fourth-order valence-corrected chi connectivity index (χ4v) is 3.66. The van der Waals surface area contributed by atoms with Crippen LogP contribution >= 0.6 is 11.6 Å². The summed E-state index contributed by atoms with van der Waals surface area (Å²) in [4.78, 5) is 17.2. The molecule has 0 fully saturated rings. The van der Waals surface area contributed by atoms with E-state index in [4.69, 9.17) is 11.6 Å². The Morgan fingerprint density at radius 2 is 1.78 bits per heavy atom. The van der Waals surface area contributed by atoms with Crippen molar-refractivity contribution < 1.29 is 9.18 Å². The average molecular weight is 447 g/mol. The number of hydrogen-bond acceptors (Lipinski definition) is 3. The van der Waals surface area contributed by atoms with Gasteiger partial charge in [-0.25, -0.2) is 9.07 Å². The molecule has 0 saturated carbocycles. The summed E-state index contributed by atoms with van der Waals surface area (Å²) in [6, 6.07) is 20.7. The molecule has 160 valence electrons. The lowest BCUT2D eigenvalue weighted by molar-refractivity contribution is -0.116. The van der Waals surface area contributed by atoms with Gasteiger partial charge in [0.25, 0.3) is 0 Å². The van der Waals surface area contributed by atoms with Gasteiger partial charge in [0.1, 0.15) is 11.0 Å². The maximum Gasteiger partial charge on any atom is 0.244 e. The van der Waals surface area contributed by atoms with Gasteiger partial charge in [-0.05, 0) is 55.0 Å². The predicted octanol–water partition coefficient (Wildman–Crippen LogP) is 5.29. The highest BCUT2D eigenvalue weighted by molar-refractivity contribution is 6.31. The second-order valence-electron chi connectivity index (χ2n) is 7.12. The number of carbonyl (C=O) groups excluding carboxylic acids is 1. The first-order valence-corrected chi connectivity index (χ1v) is 10.4. The van der Waals surface area contributed by atoms with Crippen LogP contribution in [0, 0.1) is 12.7 Å². The van der Waals surface area contributed by atoms with Gasteiger partial charge in [0.05, 0.1) is 23.1 Å². The third-order valence-electron chi connectivity index (χ3n) is 4.92. The van der Waals surface area contributed by atoms with Crippen LogP contribution in [0.4, 0.5) is 4.39 Å². The molecule has 32 heavy (non-hydrogen) atoms. The molecule has 0 spiro atoms. The van der Waals surface area contributed by atoms with Gasteiger partial charge in [-0.15, -0.1) is 0 Å². The number of hydrogen-bond donors (Lipinski definition) is 1. The molecule has 1 amide bonds. The first-order chi connectivity index (χ1) is 15.5. The first kappa shape index (κ1) is 21.5. The lowest BCUT2D eigenvalue weighted by atomic mass is 10.0. The fraction of sp³-hybridized carbons (Fsp3) is 0.0800. The van der Waals surface area contributed by atoms with E-state index in [0.29, 0.717) is 22.1 Å². The summed E-state index contributed by atoms with van der Waals surface area (Å²) >= 11 is 6.50. The summed E-state index contributed by atoms with van der Waals surface area (Å²) in [7, 11) is 0. The average Bonchev–Trinajstić information content (AvgIpc) is 3.11. The van der Waals surface area contributed by atoms with E-state index in [0.717, 1.165) is 11.3 Å². The molecule has 0 aliphatic carbocycles. The summed E-state index contributed by atoms with van der Waals surface area (Å²) in [6.07, 6.45) is 4.74. The molecule has 4 aromatic rings. The molecule has 0 aliphatic heterocycles. The van der Waals surface area contributed by atoms with E-state index in [2.05, 4.69) is 15.4 Å². The largest absolute Gasteiger partial charge is 0.340 e. The minimum atomic E-state index is -0.395. The van der Waals surface area contributed by atoms with Gasteiger partial charge in [-0.1, -0.05) is 48.0 Å². The van der Waals surface area contributed by atoms with Gasteiger partial charge in [0.2, 0.25) is 5.91 Å². The van der Waals surface area contributed by atoms with Crippen LogP contribution in [-0.4, -0.2) is 20.7 Å². The lowest BCUT2D eigenvalue weighted by Crippen LogP contribution is -2.28. The number of rotatable bonds is 6. The summed E-state index contributed by atoms with van der Waals surface area (Å²) in [6.45, 7) is 1.80. The van der Waals surface area contributed by atoms with E-state index < -0.39 is 6.04 Å². The molecule has 1 atom stereocenters. The van der Waals surface area contributed by atoms with Crippen molar-refractivity contribution >= 4 is 23.6 Å². The highest BCUT2D eigenvalue weighted by atomic mass is 35.5. The van der Waals surface area contributed by atoms with Crippen LogP contribution in [0.15, 0.2) is 85.1 Å². The zero-order chi connectivity index (χ0) is 22.5. The van der Waals surface area contributed by atoms with Crippen molar-refractivity contribution in [2.75, 3.05) is 0 Å². The van der Waals surface area contributed by atoms with Crippen molar-refractivity contribution in [2.45, 2.75) is 13.0 Å². The summed E-state index contributed by atoms with van der Waals surface area (Å²) in [5.41, 5.74) is 3.54. The maximum atomic E-state index is 13.2. The van der Waals surface area contributed by atoms with Crippen molar-refractivity contribution in [1.29, 1.82) is 0 Å². The number of nitrogens with one attached hydrogen (secondary N) is 1. The molecule has 2 aromatic carbocycles. The van der Waals surface area contributed by atoms with Gasteiger partial charge in [0, 0.05) is 17.8 Å². The minimum absolute atomic E-state index is 0.297. The summed E-state index contributed by atoms with van der Waals surface area (Å²) < 4.78 is 14.7. The Morgan fingerprint density at radius 3 is 2.47 bits per heavy atom. The van der Waals surface area contributed by atoms with Crippen LogP contribution in [0.2, 0.25) is 5.15 Å². The van der Waals surface area contributed by atoms with Gasteiger partial charge in [-0.2, -0.15) is 5.10 Å². The fourth-order valence-electron chi connectivity index (χ4n) is 3.32. The lowest BCUT2D eigenvalue weighted by Gasteiger charge is -2.17. The molecule has 5 nitrogen and oxygen atoms in total. The Balaban J connectivity index is 1.57. The van der Waals surface area contributed by atoms with E-state index in [-0.39, 0.29) is 11.7 Å². The van der Waals surface area contributed by atoms with E-state index in [1.54, 1.807) is 31.3 Å². The molecule has 1 N–H and O–H groups in total. The Labute approximate surface area is 190 Å². The third kappa shape index (κ3) is 4.76. The van der Waals surface area contributed by atoms with Crippen LogP contribution in [0.25, 0.3) is 11.8 Å². The smallest absolute Gasteiger partial charge is 0.244 e. The van der Waals surface area contributed by atoms with Crippen molar-refractivity contribution in [3.8, 4) is 5.69 Å². The van der Waals surface area contributed by atoms with Gasteiger partial charge < -0.3 is 5.32 Å². The Bertz CT molecular complexity index is 1200. The summed E-state index contributed by atoms with van der Waals surface area (Å²) in [5.74, 6) is -0.638. The van der Waals surface area contributed by atoms with E-state index in [9.17, 15) is 9.18 Å². The summed E-state index contributed by atoms with van der Waals surface area (Å²) in [5, 5.41) is 7.75. The molecule has 0 radical (unpaired) electrons. The van der Waals surface area contributed by atoms with Gasteiger partial charge >= 0.3 is 0 Å². The number of nitrogens with zero attached hydrogens (tertiary/aromatic N) is 3. The zero-order valence-corrected chi connectivity index (χ0v) is 18.0. The molecule has 0 bridgehead atoms. The molecule has 2 aromatic heterocycles. The second-order valence-corrected chi connectivity index (χ2v) is 7.48. The number of amides is 1. The van der Waals surface area contributed by atoms with Crippen LogP contribution < -0.4 is 5.32 Å². The number of aryl methyl sites for hydroxylation is 1. The van der Waals surface area contributed by atoms with Crippen molar-refractivity contribution in [3.05, 3.63) is 119 Å². The van der Waals surface area contributed by atoms with E-state index in [1.807, 2.05) is 48.5 Å². The standard InChI is InChI=1S/C25H20ClFN4O/c1-17-21(25(26)31(30-17)20-12-10-19(27)11-13-20)14-15-23(32)29-24(18-7-3-2-4-8-18)22-9-5-6-16-28-22/h2-16,24H,1H3,(H,29,32)/b15-14+. The number of halogens is 2. The second kappa shape index (κ2) is 9.58. The van der Waals surface area contributed by atoms with E-state index >= 15 is 0 Å². The molecule has 0 aliphatic rings. The SMILES string of the molecule is Cc1nn(-c2ccc(F)cc2)c(Cl)c1/C=C/C(=O)NC(c1ccccc1)c1ccccn1. The maximum absolute atomic E-state index is 13.2. The molecule has 7 heteroatoms. The van der Waals surface area contributed by atoms with Crippen LogP contribution in [-0.2, 0) is 4.79 Å². The normalized spacial score (nSPS) is 12.1. The molecule has 4 rings (SSSR count). The Morgan fingerprint density at radius 1 is 1.06 bits per heavy atom. The Kier molecular flexibility index (Phi) is 6.42. The van der Waals surface area contributed by atoms with Crippen LogP contribution in [0.3, 0.4) is 0 Å². The van der Waals surface area contributed by atoms with Crippen LogP contribution in [0.5, 0.6) is 0 Å². The zero-order valence-electron chi connectivity index (χ0n) is 17.2. The quantitative estimate of drug-likeness (QED) is 0.409. The molecular formula is C25H20ClFN4O. The highest BCUT2D eigenvalue weighted by Gasteiger charge is 2.17. The topological polar surface area (TPSA) is 59.8 Å². The molecular weight excluding hydrogens is 427 g/mol. The van der Waals surface area contributed by atoms with Crippen molar-refractivity contribution in [3.63, 3.8) is 0 Å². The van der Waals surface area contributed by atoms with Crippen molar-refractivity contribution in [2.24, 2.45) is 0 Å². The van der Waals surface area contributed by atoms with Crippen molar-refractivity contribution in [1.82, 2.24) is 20.1 Å². The number of carbonyl (C=O) groups is 1. The predicted molar refractivity (Wildman–Crippen MR) is 123 cm³/mol. The number of pyridine rings is 1. The molecule has 2 heterocycles. The van der Waals surface area contributed by atoms with Gasteiger partial charge in [-0.3, -0.25) is 9.78 Å². The monoisotopic (exact) mass is 446 g/mol.